The van der Waals surface area contributed by atoms with E-state index in [1.807, 2.05) is 0 Å². The molecule has 0 saturated heterocycles. The summed E-state index contributed by atoms with van der Waals surface area (Å²) in [5.41, 5.74) is 14.6. The van der Waals surface area contributed by atoms with Gasteiger partial charge >= 0.3 is 0 Å². The molecule has 0 aromatic rings. The highest BCUT2D eigenvalue weighted by atomic mass is 14.2. The quantitative estimate of drug-likeness (QED) is 0.312. The zero-order chi connectivity index (χ0) is 27.0. The predicted octanol–water partition coefficient (Wildman–Crippen LogP) is 11.2. The van der Waals surface area contributed by atoms with E-state index in [0.29, 0.717) is 0 Å². The first kappa shape index (κ1) is 26.6. The van der Waals surface area contributed by atoms with Crippen molar-refractivity contribution >= 4 is 0 Å². The minimum atomic E-state index is 1.12. The molecule has 0 heterocycles. The molecule has 0 radical (unpaired) electrons. The molecule has 0 bridgehead atoms. The van der Waals surface area contributed by atoms with Gasteiger partial charge in [-0.25, -0.2) is 0 Å². The third-order valence-electron chi connectivity index (χ3n) is 8.77. The van der Waals surface area contributed by atoms with E-state index in [-0.39, 0.29) is 0 Å². The molecule has 0 aromatic carbocycles. The van der Waals surface area contributed by atoms with Crippen molar-refractivity contribution in [1.29, 1.82) is 0 Å². The van der Waals surface area contributed by atoms with Crippen molar-refractivity contribution < 1.29 is 0 Å². The first-order valence-electron chi connectivity index (χ1n) is 15.5. The topological polar surface area (TPSA) is 0 Å². The maximum Gasteiger partial charge on any atom is -0.0152 e. The summed E-state index contributed by atoms with van der Waals surface area (Å²) in [6.45, 7) is 0. The van der Waals surface area contributed by atoms with E-state index in [1.54, 1.807) is 0 Å². The summed E-state index contributed by atoms with van der Waals surface area (Å²) in [5, 5.41) is 0. The molecule has 6 aliphatic rings. The van der Waals surface area contributed by atoms with Gasteiger partial charge in [0, 0.05) is 0 Å². The highest BCUT2D eigenvalue weighted by molar-refractivity contribution is 5.59. The van der Waals surface area contributed by atoms with Gasteiger partial charge in [0.25, 0.3) is 0 Å². The Labute approximate surface area is 241 Å². The molecule has 0 nitrogen and oxygen atoms in total. The zero-order valence-electron chi connectivity index (χ0n) is 23.9. The third-order valence-corrected chi connectivity index (χ3v) is 8.77. The predicted molar refractivity (Wildman–Crippen MR) is 173 cm³/mol. The van der Waals surface area contributed by atoms with Crippen LogP contribution in [-0.2, 0) is 0 Å². The van der Waals surface area contributed by atoms with E-state index in [0.717, 1.165) is 77.0 Å². The molecule has 6 rings (SSSR count). The van der Waals surface area contributed by atoms with E-state index in [2.05, 4.69) is 109 Å². The van der Waals surface area contributed by atoms with Crippen LogP contribution in [0.2, 0.25) is 0 Å². The van der Waals surface area contributed by atoms with Crippen molar-refractivity contribution in [2.45, 2.75) is 77.0 Å². The van der Waals surface area contributed by atoms with Crippen molar-refractivity contribution in [3.8, 4) is 0 Å². The molecular formula is C40H42. The Bertz CT molecular complexity index is 1340. The Morgan fingerprint density at radius 2 is 0.950 bits per heavy atom. The minimum absolute atomic E-state index is 1.12. The smallest absolute Gasteiger partial charge is 0.0152 e. The van der Waals surface area contributed by atoms with E-state index in [9.17, 15) is 0 Å². The van der Waals surface area contributed by atoms with Gasteiger partial charge in [-0.3, -0.25) is 0 Å². The average molecular weight is 523 g/mol. The van der Waals surface area contributed by atoms with Crippen molar-refractivity contribution in [2.24, 2.45) is 0 Å². The van der Waals surface area contributed by atoms with Crippen LogP contribution in [0.1, 0.15) is 77.0 Å². The molecule has 0 saturated carbocycles. The molecule has 0 unspecified atom stereocenters. The molecule has 0 spiro atoms. The largest absolute Gasteiger partial charge is 0.0842 e. The van der Waals surface area contributed by atoms with E-state index in [1.165, 1.54) is 55.7 Å². The highest BCUT2D eigenvalue weighted by Crippen LogP contribution is 2.36. The van der Waals surface area contributed by atoms with Gasteiger partial charge in [-0.05, 0) is 133 Å². The fourth-order valence-corrected chi connectivity index (χ4v) is 6.46. The molecule has 0 aromatic heterocycles. The maximum absolute atomic E-state index is 2.48. The Hall–Kier alpha value is -3.64. The fraction of sp³-hybridized carbons (Fsp3) is 0.300. The van der Waals surface area contributed by atoms with Crippen LogP contribution in [0.15, 0.2) is 165 Å². The molecule has 0 amide bonds. The van der Waals surface area contributed by atoms with Crippen LogP contribution in [0.3, 0.4) is 0 Å². The van der Waals surface area contributed by atoms with Crippen LogP contribution in [0.5, 0.6) is 0 Å². The molecule has 0 N–H and O–H groups in total. The van der Waals surface area contributed by atoms with Gasteiger partial charge in [-0.1, -0.05) is 109 Å². The molecular weight excluding hydrogens is 480 g/mol. The van der Waals surface area contributed by atoms with Gasteiger partial charge < -0.3 is 0 Å². The highest BCUT2D eigenvalue weighted by Gasteiger charge is 2.17. The van der Waals surface area contributed by atoms with Crippen molar-refractivity contribution in [3.05, 3.63) is 165 Å². The summed E-state index contributed by atoms with van der Waals surface area (Å²) >= 11 is 0. The SMILES string of the molecule is C1=CCCC(C(=CC2=CC=C(C3=CC=C(C=C(C4=CCCC=C4)C4=CC=CCC4)CC3)CC2)C2=CCCC=C2)=C1. The maximum atomic E-state index is 2.48. The van der Waals surface area contributed by atoms with Gasteiger partial charge in [0.2, 0.25) is 0 Å². The summed E-state index contributed by atoms with van der Waals surface area (Å²) in [6.07, 6.45) is 56.1. The zero-order valence-corrected chi connectivity index (χ0v) is 23.9. The molecule has 0 heteroatoms. The van der Waals surface area contributed by atoms with Crippen LogP contribution >= 0.6 is 0 Å². The Morgan fingerprint density at radius 1 is 0.450 bits per heavy atom. The summed E-state index contributed by atoms with van der Waals surface area (Å²) in [5.74, 6) is 0. The molecule has 40 heavy (non-hydrogen) atoms. The van der Waals surface area contributed by atoms with Gasteiger partial charge in [0.1, 0.15) is 0 Å². The van der Waals surface area contributed by atoms with Gasteiger partial charge in [0.05, 0.1) is 0 Å². The molecule has 0 fully saturated rings. The Balaban J connectivity index is 1.22. The second-order valence-corrected chi connectivity index (χ2v) is 11.6. The van der Waals surface area contributed by atoms with Gasteiger partial charge in [0.15, 0.2) is 0 Å². The number of hydrogen-bond acceptors (Lipinski definition) is 0. The lowest BCUT2D eigenvalue weighted by Crippen LogP contribution is -2.03. The van der Waals surface area contributed by atoms with Crippen molar-refractivity contribution in [1.82, 2.24) is 0 Å². The number of allylic oxidation sites excluding steroid dienone is 28. The minimum Gasteiger partial charge on any atom is -0.0842 e. The molecule has 202 valence electrons. The summed E-state index contributed by atoms with van der Waals surface area (Å²) < 4.78 is 0. The first-order valence-corrected chi connectivity index (χ1v) is 15.5. The second kappa shape index (κ2) is 13.1. The van der Waals surface area contributed by atoms with Gasteiger partial charge in [-0.2, -0.15) is 0 Å². The lowest BCUT2D eigenvalue weighted by atomic mass is 9.83. The van der Waals surface area contributed by atoms with Crippen LogP contribution in [0.4, 0.5) is 0 Å². The van der Waals surface area contributed by atoms with E-state index >= 15 is 0 Å². The molecule has 0 atom stereocenters. The van der Waals surface area contributed by atoms with E-state index < -0.39 is 0 Å². The van der Waals surface area contributed by atoms with E-state index in [4.69, 9.17) is 0 Å². The van der Waals surface area contributed by atoms with Crippen LogP contribution in [-0.4, -0.2) is 0 Å². The fourth-order valence-electron chi connectivity index (χ4n) is 6.46. The van der Waals surface area contributed by atoms with Crippen LogP contribution in [0, 0.1) is 0 Å². The van der Waals surface area contributed by atoms with Crippen LogP contribution < -0.4 is 0 Å². The number of rotatable bonds is 7. The standard InChI is InChI=1S/C40H42/c1-5-13-35(14-6-1)39(36-15-7-2-8-16-36)29-31-21-25-33(26-22-31)34-27-23-32(24-28-34)30-40(37-17-9-3-10-18-37)38-19-11-4-12-20-38/h1,3,5,7,9,11,13,15-17,19-21,23,25,27,29-30H,2,4,6,8,10,12,14,18,22,24,26,28H2. The molecule has 0 aliphatic heterocycles. The van der Waals surface area contributed by atoms with Crippen molar-refractivity contribution in [2.75, 3.05) is 0 Å². The van der Waals surface area contributed by atoms with Crippen molar-refractivity contribution in [3.63, 3.8) is 0 Å². The summed E-state index contributed by atoms with van der Waals surface area (Å²) in [7, 11) is 0. The third kappa shape index (κ3) is 6.56. The van der Waals surface area contributed by atoms with Crippen LogP contribution in [0.25, 0.3) is 0 Å². The average Bonchev–Trinajstić information content (AvgIpc) is 3.05. The lowest BCUT2D eigenvalue weighted by molar-refractivity contribution is 0.866. The number of hydrogen-bond donors (Lipinski definition) is 0. The monoisotopic (exact) mass is 522 g/mol. The summed E-state index contributed by atoms with van der Waals surface area (Å²) in [6, 6.07) is 0. The Kier molecular flexibility index (Phi) is 8.73. The second-order valence-electron chi connectivity index (χ2n) is 11.6. The Morgan fingerprint density at radius 3 is 1.30 bits per heavy atom. The normalized spacial score (nSPS) is 23.4. The lowest BCUT2D eigenvalue weighted by Gasteiger charge is -2.22. The summed E-state index contributed by atoms with van der Waals surface area (Å²) in [4.78, 5) is 0. The molecule has 6 aliphatic carbocycles. The first-order chi connectivity index (χ1) is 19.8. The van der Waals surface area contributed by atoms with Gasteiger partial charge in [-0.15, -0.1) is 0 Å².